The van der Waals surface area contributed by atoms with E-state index in [9.17, 15) is 0 Å². The zero-order valence-electron chi connectivity index (χ0n) is 10.0. The molecule has 0 spiro atoms. The lowest BCUT2D eigenvalue weighted by molar-refractivity contribution is 0.260. The number of halogens is 2. The molecule has 90 valence electrons. The van der Waals surface area contributed by atoms with Crippen LogP contribution in [0.5, 0.6) is 5.75 Å². The van der Waals surface area contributed by atoms with E-state index in [-0.39, 0.29) is 0 Å². The number of hydrogen-bond acceptors (Lipinski definition) is 1. The molecule has 0 aliphatic carbocycles. The number of aryl methyl sites for hydroxylation is 2. The molecular formula is C13H18BrClO. The Morgan fingerprint density at radius 1 is 1.31 bits per heavy atom. The maximum Gasteiger partial charge on any atom is 0.119 e. The molecule has 0 saturated heterocycles. The molecule has 0 radical (unpaired) electrons. The highest BCUT2D eigenvalue weighted by Gasteiger charge is 2.07. The van der Waals surface area contributed by atoms with Crippen LogP contribution in [0.4, 0.5) is 0 Å². The predicted molar refractivity (Wildman–Crippen MR) is 74.0 cm³/mol. The van der Waals surface area contributed by atoms with Gasteiger partial charge in [-0.15, -0.1) is 0 Å². The first-order valence-electron chi connectivity index (χ1n) is 5.54. The zero-order chi connectivity index (χ0) is 12.1. The maximum atomic E-state index is 6.10. The normalized spacial score (nSPS) is 12.6. The van der Waals surface area contributed by atoms with Crippen molar-refractivity contribution in [3.63, 3.8) is 0 Å². The van der Waals surface area contributed by atoms with Gasteiger partial charge in [-0.3, -0.25) is 0 Å². The molecule has 0 amide bonds. The van der Waals surface area contributed by atoms with Gasteiger partial charge in [0, 0.05) is 16.3 Å². The summed E-state index contributed by atoms with van der Waals surface area (Å²) in [6.07, 6.45) is 1.12. The molecular weight excluding hydrogens is 287 g/mol. The Bertz CT molecular complexity index is 325. The Morgan fingerprint density at radius 2 is 1.88 bits per heavy atom. The van der Waals surface area contributed by atoms with Crippen LogP contribution >= 0.6 is 27.5 Å². The summed E-state index contributed by atoms with van der Waals surface area (Å²) in [5, 5.41) is 1.81. The topological polar surface area (TPSA) is 9.23 Å². The Hall–Kier alpha value is -0.210. The van der Waals surface area contributed by atoms with Crippen LogP contribution in [-0.4, -0.2) is 11.9 Å². The molecule has 1 nitrogen and oxygen atoms in total. The van der Waals surface area contributed by atoms with Crippen molar-refractivity contribution in [2.24, 2.45) is 5.92 Å². The highest BCUT2D eigenvalue weighted by Crippen LogP contribution is 2.26. The van der Waals surface area contributed by atoms with Gasteiger partial charge in [-0.2, -0.15) is 0 Å². The minimum atomic E-state index is 0.566. The van der Waals surface area contributed by atoms with E-state index in [1.165, 1.54) is 0 Å². The third-order valence-electron chi connectivity index (χ3n) is 2.69. The molecule has 1 aromatic carbocycles. The average molecular weight is 306 g/mol. The molecule has 0 heterocycles. The van der Waals surface area contributed by atoms with Gasteiger partial charge in [-0.1, -0.05) is 34.5 Å². The Balaban J connectivity index is 2.68. The van der Waals surface area contributed by atoms with Gasteiger partial charge >= 0.3 is 0 Å². The third-order valence-corrected chi connectivity index (χ3v) is 4.20. The highest BCUT2D eigenvalue weighted by molar-refractivity contribution is 9.09. The lowest BCUT2D eigenvalue weighted by Crippen LogP contribution is -2.12. The van der Waals surface area contributed by atoms with Crippen molar-refractivity contribution in [3.05, 3.63) is 28.3 Å². The van der Waals surface area contributed by atoms with Crippen LogP contribution in [0.3, 0.4) is 0 Å². The molecule has 1 rings (SSSR count). The minimum Gasteiger partial charge on any atom is -0.493 e. The molecule has 1 unspecified atom stereocenters. The summed E-state index contributed by atoms with van der Waals surface area (Å²) in [4.78, 5) is 0. The molecule has 1 atom stereocenters. The van der Waals surface area contributed by atoms with Crippen LogP contribution in [0.1, 0.15) is 24.5 Å². The summed E-state index contributed by atoms with van der Waals surface area (Å²) >= 11 is 9.59. The van der Waals surface area contributed by atoms with Crippen molar-refractivity contribution < 1.29 is 4.74 Å². The Morgan fingerprint density at radius 3 is 2.31 bits per heavy atom. The van der Waals surface area contributed by atoms with Crippen molar-refractivity contribution in [2.75, 3.05) is 11.9 Å². The summed E-state index contributed by atoms with van der Waals surface area (Å²) in [7, 11) is 0. The first-order chi connectivity index (χ1) is 7.58. The number of benzene rings is 1. The number of ether oxygens (including phenoxy) is 1. The predicted octanol–water partition coefficient (Wildman–Crippen LogP) is 4.76. The molecule has 1 aromatic rings. The molecule has 16 heavy (non-hydrogen) atoms. The first kappa shape index (κ1) is 13.9. The van der Waals surface area contributed by atoms with Gasteiger partial charge < -0.3 is 4.74 Å². The van der Waals surface area contributed by atoms with E-state index in [4.69, 9.17) is 16.3 Å². The highest BCUT2D eigenvalue weighted by atomic mass is 79.9. The van der Waals surface area contributed by atoms with Gasteiger partial charge in [0.05, 0.1) is 6.61 Å². The third kappa shape index (κ3) is 3.67. The standard InChI is InChI=1S/C13H18BrClO/c1-4-11(7-14)8-16-12-5-9(2)13(15)10(3)6-12/h5-6,11H,4,7-8H2,1-3H3. The van der Waals surface area contributed by atoms with Crippen LogP contribution in [-0.2, 0) is 0 Å². The molecule has 0 saturated carbocycles. The fraction of sp³-hybridized carbons (Fsp3) is 0.538. The van der Waals surface area contributed by atoms with E-state index in [0.717, 1.165) is 40.3 Å². The van der Waals surface area contributed by atoms with Gasteiger partial charge in [0.2, 0.25) is 0 Å². The lowest BCUT2D eigenvalue weighted by Gasteiger charge is -2.14. The summed E-state index contributed by atoms with van der Waals surface area (Å²) < 4.78 is 5.78. The largest absolute Gasteiger partial charge is 0.493 e. The monoisotopic (exact) mass is 304 g/mol. The molecule has 3 heteroatoms. The van der Waals surface area contributed by atoms with Crippen molar-refractivity contribution >= 4 is 27.5 Å². The van der Waals surface area contributed by atoms with Gasteiger partial charge in [0.15, 0.2) is 0 Å². The maximum absolute atomic E-state index is 6.10. The molecule has 0 aromatic heterocycles. The van der Waals surface area contributed by atoms with Gasteiger partial charge in [-0.25, -0.2) is 0 Å². The fourth-order valence-electron chi connectivity index (χ4n) is 1.48. The second-order valence-electron chi connectivity index (χ2n) is 4.11. The van der Waals surface area contributed by atoms with Crippen molar-refractivity contribution in [2.45, 2.75) is 27.2 Å². The molecule has 0 N–H and O–H groups in total. The second kappa shape index (κ2) is 6.51. The summed E-state index contributed by atoms with van der Waals surface area (Å²) in [6, 6.07) is 3.99. The second-order valence-corrected chi connectivity index (χ2v) is 5.14. The van der Waals surface area contributed by atoms with Crippen molar-refractivity contribution in [1.82, 2.24) is 0 Å². The van der Waals surface area contributed by atoms with E-state index in [1.54, 1.807) is 0 Å². The average Bonchev–Trinajstić information content (AvgIpc) is 2.27. The molecule has 0 fully saturated rings. The van der Waals surface area contributed by atoms with E-state index < -0.39 is 0 Å². The van der Waals surface area contributed by atoms with Crippen molar-refractivity contribution in [1.29, 1.82) is 0 Å². The number of hydrogen-bond donors (Lipinski definition) is 0. The molecule has 0 bridgehead atoms. The fourth-order valence-corrected chi connectivity index (χ4v) is 2.23. The van der Waals surface area contributed by atoms with E-state index in [0.29, 0.717) is 5.92 Å². The van der Waals surface area contributed by atoms with Gasteiger partial charge in [0.1, 0.15) is 5.75 Å². The molecule has 0 aliphatic rings. The summed E-state index contributed by atoms with van der Waals surface area (Å²) in [5.41, 5.74) is 2.15. The number of rotatable bonds is 5. The smallest absolute Gasteiger partial charge is 0.119 e. The minimum absolute atomic E-state index is 0.566. The summed E-state index contributed by atoms with van der Waals surface area (Å²) in [6.45, 7) is 6.93. The van der Waals surface area contributed by atoms with Crippen LogP contribution in [0.15, 0.2) is 12.1 Å². The Kier molecular flexibility index (Phi) is 5.63. The molecule has 0 aliphatic heterocycles. The van der Waals surface area contributed by atoms with Gasteiger partial charge in [0.25, 0.3) is 0 Å². The van der Waals surface area contributed by atoms with Crippen LogP contribution in [0.25, 0.3) is 0 Å². The SMILES string of the molecule is CCC(CBr)COc1cc(C)c(Cl)c(C)c1. The van der Waals surface area contributed by atoms with E-state index >= 15 is 0 Å². The number of alkyl halides is 1. The Labute approximate surface area is 111 Å². The van der Waals surface area contributed by atoms with Crippen molar-refractivity contribution in [3.8, 4) is 5.75 Å². The van der Waals surface area contributed by atoms with Crippen LogP contribution < -0.4 is 4.74 Å². The summed E-state index contributed by atoms with van der Waals surface area (Å²) in [5.74, 6) is 1.48. The lowest BCUT2D eigenvalue weighted by atomic mass is 10.1. The quantitative estimate of drug-likeness (QED) is 0.713. The van der Waals surface area contributed by atoms with Crippen LogP contribution in [0, 0.1) is 19.8 Å². The first-order valence-corrected chi connectivity index (χ1v) is 7.04. The van der Waals surface area contributed by atoms with E-state index in [2.05, 4.69) is 22.9 Å². The van der Waals surface area contributed by atoms with Crippen LogP contribution in [0.2, 0.25) is 5.02 Å². The van der Waals surface area contributed by atoms with Gasteiger partial charge in [-0.05, 0) is 43.5 Å². The zero-order valence-corrected chi connectivity index (χ0v) is 12.4. The van der Waals surface area contributed by atoms with E-state index in [1.807, 2.05) is 26.0 Å².